The zero-order valence-corrected chi connectivity index (χ0v) is 21.0. The van der Waals surface area contributed by atoms with Crippen molar-refractivity contribution in [3.63, 3.8) is 0 Å². The van der Waals surface area contributed by atoms with Gasteiger partial charge in [-0.3, -0.25) is 9.59 Å². The van der Waals surface area contributed by atoms with Crippen molar-refractivity contribution < 1.29 is 19.1 Å². The summed E-state index contributed by atoms with van der Waals surface area (Å²) in [6.07, 6.45) is 0.176. The second kappa shape index (κ2) is 8.42. The average molecular weight is 425 g/mol. The number of carbonyl (C=O) groups excluding carboxylic acids is 2. The van der Waals surface area contributed by atoms with Crippen LogP contribution in [0.1, 0.15) is 82.6 Å². The van der Waals surface area contributed by atoms with Crippen molar-refractivity contribution in [2.75, 3.05) is 13.2 Å². The molecular formula is C24H44N2O4. The lowest BCUT2D eigenvalue weighted by atomic mass is 9.76. The fraction of sp³-hybridized carbons (Fsp3) is 0.917. The van der Waals surface area contributed by atoms with E-state index in [1.54, 1.807) is 0 Å². The van der Waals surface area contributed by atoms with Crippen LogP contribution >= 0.6 is 0 Å². The highest BCUT2D eigenvalue weighted by Crippen LogP contribution is 2.40. The third-order valence-electron chi connectivity index (χ3n) is 6.81. The Morgan fingerprint density at radius 3 is 1.67 bits per heavy atom. The molecule has 3 atom stereocenters. The minimum atomic E-state index is -0.672. The molecule has 0 unspecified atom stereocenters. The molecule has 2 aliphatic rings. The number of nitrogens with zero attached hydrogens (tertiary/aromatic N) is 2. The Labute approximate surface area is 183 Å². The third-order valence-corrected chi connectivity index (χ3v) is 6.81. The molecule has 6 heteroatoms. The molecule has 0 radical (unpaired) electrons. The standard InChI is InChI=1S/C24H44N2O4/c1-15(2)18-13-29-23(8,9)25(18)20(27)12-17(22(5,6)7)21(28)26-19(16(3)4)14-30-24(26,10)11/h15-19H,12-14H2,1-11H3/t17-,18+,19+/m0/s1. The average Bonchev–Trinajstić information content (AvgIpc) is 3.06. The smallest absolute Gasteiger partial charge is 0.229 e. The largest absolute Gasteiger partial charge is 0.354 e. The topological polar surface area (TPSA) is 59.1 Å². The van der Waals surface area contributed by atoms with Crippen LogP contribution in [0.25, 0.3) is 0 Å². The SMILES string of the molecule is CC(C)[C@H]1COC(C)(C)N1C(=O)C[C@@H](C(=O)N1[C@@H](C(C)C)COC1(C)C)C(C)(C)C. The molecule has 174 valence electrons. The molecule has 0 saturated carbocycles. The Morgan fingerprint density at radius 1 is 0.867 bits per heavy atom. The molecule has 30 heavy (non-hydrogen) atoms. The molecule has 0 aromatic rings. The number of hydrogen-bond acceptors (Lipinski definition) is 4. The lowest BCUT2D eigenvalue weighted by Gasteiger charge is -2.42. The second-order valence-corrected chi connectivity index (χ2v) is 11.7. The Kier molecular flexibility index (Phi) is 7.05. The van der Waals surface area contributed by atoms with Crippen molar-refractivity contribution in [1.29, 1.82) is 0 Å². The van der Waals surface area contributed by atoms with E-state index in [-0.39, 0.29) is 47.6 Å². The van der Waals surface area contributed by atoms with Crippen LogP contribution in [0.2, 0.25) is 0 Å². The van der Waals surface area contributed by atoms with Gasteiger partial charge in [0.05, 0.1) is 31.2 Å². The van der Waals surface area contributed by atoms with Crippen molar-refractivity contribution in [3.05, 3.63) is 0 Å². The van der Waals surface area contributed by atoms with Crippen molar-refractivity contribution in [1.82, 2.24) is 9.80 Å². The Hall–Kier alpha value is -1.14. The van der Waals surface area contributed by atoms with E-state index in [9.17, 15) is 9.59 Å². The first-order valence-corrected chi connectivity index (χ1v) is 11.4. The Balaban J connectivity index is 2.34. The van der Waals surface area contributed by atoms with Crippen LogP contribution in [-0.4, -0.2) is 58.4 Å². The summed E-state index contributed by atoms with van der Waals surface area (Å²) in [7, 11) is 0. The molecule has 0 aromatic carbocycles. The first-order valence-electron chi connectivity index (χ1n) is 11.4. The summed E-state index contributed by atoms with van der Waals surface area (Å²) in [6, 6.07) is 0.0422. The maximum absolute atomic E-state index is 13.9. The van der Waals surface area contributed by atoms with Crippen LogP contribution < -0.4 is 0 Å². The van der Waals surface area contributed by atoms with Gasteiger partial charge in [0.1, 0.15) is 11.4 Å². The number of ether oxygens (including phenoxy) is 2. The Bertz CT molecular complexity index is 648. The van der Waals surface area contributed by atoms with Gasteiger partial charge in [0.25, 0.3) is 0 Å². The lowest BCUT2D eigenvalue weighted by Crippen LogP contribution is -2.55. The van der Waals surface area contributed by atoms with Crippen LogP contribution in [0.15, 0.2) is 0 Å². The van der Waals surface area contributed by atoms with Gasteiger partial charge in [-0.05, 0) is 44.9 Å². The van der Waals surface area contributed by atoms with Gasteiger partial charge in [0, 0.05) is 6.42 Å². The summed E-state index contributed by atoms with van der Waals surface area (Å²) in [4.78, 5) is 31.2. The van der Waals surface area contributed by atoms with E-state index in [0.29, 0.717) is 13.2 Å². The summed E-state index contributed by atoms with van der Waals surface area (Å²) in [5.41, 5.74) is -1.69. The van der Waals surface area contributed by atoms with Gasteiger partial charge in [-0.25, -0.2) is 0 Å². The van der Waals surface area contributed by atoms with Crippen LogP contribution in [0, 0.1) is 23.2 Å². The number of rotatable bonds is 5. The van der Waals surface area contributed by atoms with Crippen LogP contribution in [0.4, 0.5) is 0 Å². The van der Waals surface area contributed by atoms with E-state index >= 15 is 0 Å². The van der Waals surface area contributed by atoms with E-state index < -0.39 is 17.4 Å². The zero-order valence-electron chi connectivity index (χ0n) is 21.0. The predicted molar refractivity (Wildman–Crippen MR) is 119 cm³/mol. The maximum atomic E-state index is 13.9. The highest BCUT2D eigenvalue weighted by atomic mass is 16.5. The van der Waals surface area contributed by atoms with Crippen molar-refractivity contribution in [2.45, 2.75) is 106 Å². The minimum Gasteiger partial charge on any atom is -0.354 e. The van der Waals surface area contributed by atoms with Gasteiger partial charge in [0.15, 0.2) is 0 Å². The van der Waals surface area contributed by atoms with Crippen LogP contribution in [-0.2, 0) is 19.1 Å². The molecule has 0 spiro atoms. The molecule has 2 rings (SSSR count). The molecular weight excluding hydrogens is 380 g/mol. The third kappa shape index (κ3) is 4.85. The monoisotopic (exact) mass is 424 g/mol. The summed E-state index contributed by atoms with van der Waals surface area (Å²) in [5.74, 6) is 0.134. The normalized spacial score (nSPS) is 27.2. The molecule has 2 fully saturated rings. The molecule has 0 aliphatic carbocycles. The fourth-order valence-electron chi connectivity index (χ4n) is 4.77. The molecule has 2 aliphatic heterocycles. The van der Waals surface area contributed by atoms with Gasteiger partial charge >= 0.3 is 0 Å². The summed E-state index contributed by atoms with van der Waals surface area (Å²) >= 11 is 0. The molecule has 0 aromatic heterocycles. The molecule has 0 bridgehead atoms. The van der Waals surface area contributed by atoms with Crippen molar-refractivity contribution in [2.24, 2.45) is 23.2 Å². The quantitative estimate of drug-likeness (QED) is 0.661. The fourth-order valence-corrected chi connectivity index (χ4v) is 4.77. The highest BCUT2D eigenvalue weighted by Gasteiger charge is 2.51. The van der Waals surface area contributed by atoms with E-state index in [0.717, 1.165) is 0 Å². The Morgan fingerprint density at radius 2 is 1.27 bits per heavy atom. The highest BCUT2D eigenvalue weighted by molar-refractivity contribution is 5.87. The van der Waals surface area contributed by atoms with Gasteiger partial charge < -0.3 is 19.3 Å². The van der Waals surface area contributed by atoms with Crippen LogP contribution in [0.5, 0.6) is 0 Å². The van der Waals surface area contributed by atoms with E-state index in [1.165, 1.54) is 0 Å². The maximum Gasteiger partial charge on any atom is 0.229 e. The molecule has 6 nitrogen and oxygen atoms in total. The van der Waals surface area contributed by atoms with E-state index in [1.807, 2.05) is 58.3 Å². The van der Waals surface area contributed by atoms with Gasteiger partial charge in [-0.1, -0.05) is 48.5 Å². The second-order valence-electron chi connectivity index (χ2n) is 11.7. The predicted octanol–water partition coefficient (Wildman–Crippen LogP) is 4.28. The van der Waals surface area contributed by atoms with Crippen LogP contribution in [0.3, 0.4) is 0 Å². The molecule has 2 saturated heterocycles. The van der Waals surface area contributed by atoms with E-state index in [2.05, 4.69) is 27.7 Å². The first-order chi connectivity index (χ1) is 13.5. The lowest BCUT2D eigenvalue weighted by molar-refractivity contribution is -0.161. The molecule has 0 N–H and O–H groups in total. The van der Waals surface area contributed by atoms with Crippen molar-refractivity contribution in [3.8, 4) is 0 Å². The summed E-state index contributed by atoms with van der Waals surface area (Å²) < 4.78 is 11.9. The van der Waals surface area contributed by atoms with Gasteiger partial charge in [-0.2, -0.15) is 0 Å². The molecule has 2 amide bonds. The van der Waals surface area contributed by atoms with E-state index in [4.69, 9.17) is 9.47 Å². The zero-order chi connectivity index (χ0) is 23.2. The number of amides is 2. The minimum absolute atomic E-state index is 0.0102. The summed E-state index contributed by atoms with van der Waals surface area (Å²) in [5, 5.41) is 0. The number of hydrogen-bond donors (Lipinski definition) is 0. The van der Waals surface area contributed by atoms with Gasteiger partial charge in [0.2, 0.25) is 11.8 Å². The van der Waals surface area contributed by atoms with Gasteiger partial charge in [-0.15, -0.1) is 0 Å². The molecule has 2 heterocycles. The van der Waals surface area contributed by atoms with Crippen molar-refractivity contribution >= 4 is 11.8 Å². The summed E-state index contributed by atoms with van der Waals surface area (Å²) in [6.45, 7) is 23.4. The first kappa shape index (κ1) is 25.1. The number of carbonyl (C=O) groups is 2.